The highest BCUT2D eigenvalue weighted by molar-refractivity contribution is 5.29. The van der Waals surface area contributed by atoms with Crippen molar-refractivity contribution in [3.63, 3.8) is 0 Å². The predicted octanol–water partition coefficient (Wildman–Crippen LogP) is 3.30. The second-order valence-corrected chi connectivity index (χ2v) is 4.45. The first kappa shape index (κ1) is 15.0. The van der Waals surface area contributed by atoms with E-state index >= 15 is 0 Å². The number of benzene rings is 1. The topological polar surface area (TPSA) is 29.5 Å². The first-order chi connectivity index (χ1) is 8.20. The minimum Gasteiger partial charge on any atom is -0.386 e. The minimum atomic E-state index is -4.40. The second-order valence-electron chi connectivity index (χ2n) is 4.45. The summed E-state index contributed by atoms with van der Waals surface area (Å²) >= 11 is 0. The Hall–Kier alpha value is -1.07. The lowest BCUT2D eigenvalue weighted by Gasteiger charge is -2.19. The molecule has 0 radical (unpaired) electrons. The summed E-state index contributed by atoms with van der Waals surface area (Å²) in [6.07, 6.45) is -7.33. The highest BCUT2D eigenvalue weighted by Crippen LogP contribution is 2.24. The van der Waals surface area contributed by atoms with E-state index in [1.54, 1.807) is 12.1 Å². The highest BCUT2D eigenvalue weighted by atomic mass is 19.4. The first-order valence-electron chi connectivity index (χ1n) is 5.64. The maximum absolute atomic E-state index is 12.2. The predicted molar refractivity (Wildman–Crippen MR) is 62.3 cm³/mol. The fraction of sp³-hybridized carbons (Fsp3) is 0.538. The molecule has 0 heterocycles. The van der Waals surface area contributed by atoms with Crippen molar-refractivity contribution in [3.05, 3.63) is 34.9 Å². The van der Waals surface area contributed by atoms with Gasteiger partial charge in [-0.2, -0.15) is 13.2 Å². The number of aliphatic hydroxyl groups excluding tert-OH is 1. The molecule has 0 aliphatic carbocycles. The third-order valence-corrected chi connectivity index (χ3v) is 2.59. The van der Waals surface area contributed by atoms with Crippen LogP contribution in [0.15, 0.2) is 18.2 Å². The van der Waals surface area contributed by atoms with Crippen molar-refractivity contribution in [2.24, 2.45) is 0 Å². The van der Waals surface area contributed by atoms with Gasteiger partial charge in [-0.05, 0) is 26.3 Å². The van der Waals surface area contributed by atoms with Gasteiger partial charge in [0.1, 0.15) is 6.10 Å². The zero-order chi connectivity index (χ0) is 13.9. The van der Waals surface area contributed by atoms with Crippen LogP contribution >= 0.6 is 0 Å². The third kappa shape index (κ3) is 4.31. The van der Waals surface area contributed by atoms with Crippen molar-refractivity contribution in [1.29, 1.82) is 0 Å². The van der Waals surface area contributed by atoms with Gasteiger partial charge in [0, 0.05) is 0 Å². The summed E-state index contributed by atoms with van der Waals surface area (Å²) in [5, 5.41) is 9.79. The molecule has 18 heavy (non-hydrogen) atoms. The number of ether oxygens (including phenoxy) is 1. The summed E-state index contributed by atoms with van der Waals surface area (Å²) in [4.78, 5) is 0. The summed E-state index contributed by atoms with van der Waals surface area (Å²) in [5.41, 5.74) is 2.47. The van der Waals surface area contributed by atoms with Gasteiger partial charge >= 0.3 is 6.18 Å². The average molecular weight is 262 g/mol. The Morgan fingerprint density at radius 1 is 1.17 bits per heavy atom. The van der Waals surface area contributed by atoms with Gasteiger partial charge in [0.15, 0.2) is 6.10 Å². The number of aryl methyl sites for hydroxylation is 2. The summed E-state index contributed by atoms with van der Waals surface area (Å²) in [6, 6.07) is 5.40. The van der Waals surface area contributed by atoms with E-state index in [-0.39, 0.29) is 6.61 Å². The molecule has 5 heteroatoms. The average Bonchev–Trinajstić information content (AvgIpc) is 2.22. The minimum absolute atomic E-state index is 0.371. The van der Waals surface area contributed by atoms with Crippen molar-refractivity contribution in [2.75, 3.05) is 6.61 Å². The van der Waals surface area contributed by atoms with Crippen LogP contribution in [0.2, 0.25) is 0 Å². The summed E-state index contributed by atoms with van der Waals surface area (Å²) in [7, 11) is 0. The molecule has 0 saturated heterocycles. The fourth-order valence-electron chi connectivity index (χ4n) is 1.63. The van der Waals surface area contributed by atoms with Crippen LogP contribution in [0.5, 0.6) is 0 Å². The highest BCUT2D eigenvalue weighted by Gasteiger charge is 2.37. The Balaban J connectivity index is 2.63. The molecule has 1 aromatic carbocycles. The lowest BCUT2D eigenvalue weighted by Crippen LogP contribution is -2.30. The van der Waals surface area contributed by atoms with Crippen LogP contribution in [0.4, 0.5) is 13.2 Å². The molecule has 0 saturated carbocycles. The van der Waals surface area contributed by atoms with E-state index in [1.807, 2.05) is 19.9 Å². The van der Waals surface area contributed by atoms with Gasteiger partial charge < -0.3 is 9.84 Å². The van der Waals surface area contributed by atoms with Crippen LogP contribution in [-0.4, -0.2) is 24.0 Å². The molecule has 2 atom stereocenters. The second kappa shape index (κ2) is 5.71. The van der Waals surface area contributed by atoms with Crippen molar-refractivity contribution < 1.29 is 23.0 Å². The fourth-order valence-corrected chi connectivity index (χ4v) is 1.63. The SMILES string of the molecule is Cc1cc(C)cc(C(O)COC(C)C(F)(F)F)c1. The van der Waals surface area contributed by atoms with Gasteiger partial charge in [-0.1, -0.05) is 29.3 Å². The number of alkyl halides is 3. The van der Waals surface area contributed by atoms with Gasteiger partial charge in [0.05, 0.1) is 6.61 Å². The molecule has 2 nitrogen and oxygen atoms in total. The van der Waals surface area contributed by atoms with Crippen LogP contribution in [0, 0.1) is 13.8 Å². The lowest BCUT2D eigenvalue weighted by atomic mass is 10.0. The van der Waals surface area contributed by atoms with Crippen molar-refractivity contribution >= 4 is 0 Å². The summed E-state index contributed by atoms with van der Waals surface area (Å²) < 4.78 is 41.3. The molecular formula is C13H17F3O2. The number of hydrogen-bond donors (Lipinski definition) is 1. The zero-order valence-electron chi connectivity index (χ0n) is 10.6. The molecule has 0 aliphatic heterocycles. The Bertz CT molecular complexity index is 381. The Morgan fingerprint density at radius 3 is 2.11 bits per heavy atom. The maximum atomic E-state index is 12.2. The van der Waals surface area contributed by atoms with Crippen LogP contribution < -0.4 is 0 Å². The smallest absolute Gasteiger partial charge is 0.386 e. The van der Waals surface area contributed by atoms with Crippen molar-refractivity contribution in [3.8, 4) is 0 Å². The number of aliphatic hydroxyl groups is 1. The third-order valence-electron chi connectivity index (χ3n) is 2.59. The number of halogens is 3. The monoisotopic (exact) mass is 262 g/mol. The van der Waals surface area contributed by atoms with E-state index < -0.39 is 18.4 Å². The maximum Gasteiger partial charge on any atom is 0.414 e. The Morgan fingerprint density at radius 2 is 1.67 bits per heavy atom. The van der Waals surface area contributed by atoms with Gasteiger partial charge in [-0.3, -0.25) is 0 Å². The van der Waals surface area contributed by atoms with Crippen LogP contribution in [-0.2, 0) is 4.74 Å². The zero-order valence-corrected chi connectivity index (χ0v) is 10.6. The molecule has 2 unspecified atom stereocenters. The van der Waals surface area contributed by atoms with Crippen molar-refractivity contribution in [2.45, 2.75) is 39.2 Å². The van der Waals surface area contributed by atoms with Gasteiger partial charge in [0.25, 0.3) is 0 Å². The van der Waals surface area contributed by atoms with E-state index in [1.165, 1.54) is 0 Å². The van der Waals surface area contributed by atoms with Crippen LogP contribution in [0.3, 0.4) is 0 Å². The van der Waals surface area contributed by atoms with E-state index in [0.29, 0.717) is 5.56 Å². The molecule has 0 amide bonds. The molecule has 102 valence electrons. The molecule has 0 bridgehead atoms. The van der Waals surface area contributed by atoms with Gasteiger partial charge in [-0.15, -0.1) is 0 Å². The lowest BCUT2D eigenvalue weighted by molar-refractivity contribution is -0.219. The van der Waals surface area contributed by atoms with Crippen LogP contribution in [0.1, 0.15) is 29.7 Å². The molecule has 0 aromatic heterocycles. The quantitative estimate of drug-likeness (QED) is 0.902. The first-order valence-corrected chi connectivity index (χ1v) is 5.64. The van der Waals surface area contributed by atoms with Crippen LogP contribution in [0.25, 0.3) is 0 Å². The molecule has 1 rings (SSSR count). The molecule has 0 aliphatic rings. The van der Waals surface area contributed by atoms with Crippen molar-refractivity contribution in [1.82, 2.24) is 0 Å². The molecule has 1 N–H and O–H groups in total. The number of hydrogen-bond acceptors (Lipinski definition) is 2. The van der Waals surface area contributed by atoms with E-state index in [2.05, 4.69) is 4.74 Å². The standard InChI is InChI=1S/C13H17F3O2/c1-8-4-9(2)6-11(5-8)12(17)7-18-10(3)13(14,15)16/h4-6,10,12,17H,7H2,1-3H3. The van der Waals surface area contributed by atoms with E-state index in [4.69, 9.17) is 0 Å². The number of rotatable bonds is 4. The molecular weight excluding hydrogens is 245 g/mol. The molecule has 0 fully saturated rings. The normalized spacial score (nSPS) is 15.5. The van der Waals surface area contributed by atoms with Gasteiger partial charge in [0.2, 0.25) is 0 Å². The van der Waals surface area contributed by atoms with Gasteiger partial charge in [-0.25, -0.2) is 0 Å². The summed E-state index contributed by atoms with van der Waals surface area (Å²) in [5.74, 6) is 0. The van der Waals surface area contributed by atoms with E-state index in [0.717, 1.165) is 18.1 Å². The Kier molecular flexibility index (Phi) is 4.76. The molecule has 1 aromatic rings. The molecule has 0 spiro atoms. The van der Waals surface area contributed by atoms with E-state index in [9.17, 15) is 18.3 Å². The Labute approximate surface area is 104 Å². The largest absolute Gasteiger partial charge is 0.414 e. The summed E-state index contributed by atoms with van der Waals surface area (Å²) in [6.45, 7) is 4.28.